The number of aliphatic hydroxyl groups excluding tert-OH is 1. The van der Waals surface area contributed by atoms with Crippen molar-refractivity contribution in [1.29, 1.82) is 0 Å². The summed E-state index contributed by atoms with van der Waals surface area (Å²) in [6.07, 6.45) is 0. The Kier molecular flexibility index (Phi) is 5.61. The molecule has 1 aliphatic rings. The van der Waals surface area contributed by atoms with Gasteiger partial charge in [-0.2, -0.15) is 0 Å². The number of hydrogen-bond acceptors (Lipinski definition) is 3. The average Bonchev–Trinajstić information content (AvgIpc) is 2.91. The van der Waals surface area contributed by atoms with Crippen LogP contribution in [0, 0.1) is 12.7 Å². The number of halogens is 1. The minimum atomic E-state index is -0.749. The van der Waals surface area contributed by atoms with Crippen molar-refractivity contribution < 1.29 is 24.0 Å². The van der Waals surface area contributed by atoms with Gasteiger partial charge in [-0.25, -0.2) is 4.39 Å². The van der Waals surface area contributed by atoms with Crippen LogP contribution in [0.2, 0.25) is 0 Å². The van der Waals surface area contributed by atoms with Gasteiger partial charge < -0.3 is 14.9 Å². The Morgan fingerprint density at radius 2 is 1.68 bits per heavy atom. The molecule has 0 bridgehead atoms. The minimum absolute atomic E-state index is 0.0363. The Morgan fingerprint density at radius 3 is 2.25 bits per heavy atom. The van der Waals surface area contributed by atoms with Crippen LogP contribution >= 0.6 is 0 Å². The van der Waals surface area contributed by atoms with Gasteiger partial charge in [-0.15, -0.1) is 0 Å². The first-order chi connectivity index (χ1) is 13.3. The Labute approximate surface area is 163 Å². The number of rotatable bonds is 5. The lowest BCUT2D eigenvalue weighted by Gasteiger charge is -2.25. The normalized spacial score (nSPS) is 18.9. The van der Waals surface area contributed by atoms with Crippen LogP contribution in [-0.4, -0.2) is 48.9 Å². The summed E-state index contributed by atoms with van der Waals surface area (Å²) in [5.74, 6) is -1.99. The molecule has 2 aromatic rings. The molecule has 1 heterocycles. The summed E-state index contributed by atoms with van der Waals surface area (Å²) < 4.78 is 13.4. The average molecular weight is 383 g/mol. The molecule has 1 amide bonds. The van der Waals surface area contributed by atoms with Gasteiger partial charge in [0.05, 0.1) is 38.8 Å². The largest absolute Gasteiger partial charge is 0.507 e. The highest BCUT2D eigenvalue weighted by Gasteiger charge is 2.46. The number of amides is 1. The van der Waals surface area contributed by atoms with Crippen LogP contribution in [0.4, 0.5) is 4.39 Å². The van der Waals surface area contributed by atoms with E-state index in [1.54, 1.807) is 24.3 Å². The first-order valence-corrected chi connectivity index (χ1v) is 9.19. The molecule has 146 valence electrons. The maximum Gasteiger partial charge on any atom is 0.295 e. The van der Waals surface area contributed by atoms with Crippen molar-refractivity contribution in [3.05, 3.63) is 76.6 Å². The lowest BCUT2D eigenvalue weighted by Crippen LogP contribution is -3.06. The van der Waals surface area contributed by atoms with Crippen LogP contribution in [0.3, 0.4) is 0 Å². The summed E-state index contributed by atoms with van der Waals surface area (Å²) >= 11 is 0. The molecule has 28 heavy (non-hydrogen) atoms. The highest BCUT2D eigenvalue weighted by atomic mass is 19.1. The Hall–Kier alpha value is -2.99. The van der Waals surface area contributed by atoms with E-state index in [0.29, 0.717) is 24.2 Å². The lowest BCUT2D eigenvalue weighted by atomic mass is 9.95. The summed E-state index contributed by atoms with van der Waals surface area (Å²) in [5, 5.41) is 10.9. The molecular formula is C22H24FN2O3+. The number of Topliss-reactive ketones (excluding diaryl/α,β-unsaturated/α-hetero) is 1. The topological polar surface area (TPSA) is 62.0 Å². The minimum Gasteiger partial charge on any atom is -0.507 e. The van der Waals surface area contributed by atoms with Gasteiger partial charge >= 0.3 is 0 Å². The number of nitrogens with one attached hydrogen (secondary N) is 1. The second-order valence-corrected chi connectivity index (χ2v) is 7.37. The van der Waals surface area contributed by atoms with Gasteiger partial charge in [-0.3, -0.25) is 9.59 Å². The van der Waals surface area contributed by atoms with Crippen LogP contribution in [0.15, 0.2) is 54.1 Å². The fourth-order valence-electron chi connectivity index (χ4n) is 3.31. The van der Waals surface area contributed by atoms with Gasteiger partial charge in [-0.05, 0) is 24.6 Å². The quantitative estimate of drug-likeness (QED) is 0.469. The van der Waals surface area contributed by atoms with Crippen molar-refractivity contribution in [2.24, 2.45) is 0 Å². The third kappa shape index (κ3) is 3.82. The van der Waals surface area contributed by atoms with Gasteiger partial charge in [-0.1, -0.05) is 42.0 Å². The van der Waals surface area contributed by atoms with E-state index in [4.69, 9.17) is 0 Å². The summed E-state index contributed by atoms with van der Waals surface area (Å²) in [5.41, 5.74) is 2.10. The van der Waals surface area contributed by atoms with E-state index in [1.807, 2.05) is 33.2 Å². The summed E-state index contributed by atoms with van der Waals surface area (Å²) in [4.78, 5) is 28.1. The van der Waals surface area contributed by atoms with Crippen LogP contribution in [-0.2, 0) is 9.59 Å². The second kappa shape index (κ2) is 7.94. The van der Waals surface area contributed by atoms with Crippen molar-refractivity contribution >= 4 is 17.4 Å². The van der Waals surface area contributed by atoms with Gasteiger partial charge in [0.15, 0.2) is 0 Å². The van der Waals surface area contributed by atoms with E-state index < -0.39 is 23.5 Å². The molecule has 0 aliphatic carbocycles. The molecule has 3 rings (SSSR count). The number of carbonyl (C=O) groups is 2. The Morgan fingerprint density at radius 1 is 1.07 bits per heavy atom. The fourth-order valence-corrected chi connectivity index (χ4v) is 3.31. The van der Waals surface area contributed by atoms with Gasteiger partial charge in [0.25, 0.3) is 11.7 Å². The third-order valence-electron chi connectivity index (χ3n) is 4.90. The lowest BCUT2D eigenvalue weighted by molar-refractivity contribution is -0.857. The first kappa shape index (κ1) is 19.8. The Balaban J connectivity index is 2.13. The second-order valence-electron chi connectivity index (χ2n) is 7.37. The molecule has 1 atom stereocenters. The number of quaternary nitrogens is 1. The zero-order valence-electron chi connectivity index (χ0n) is 16.2. The number of ketones is 1. The van der Waals surface area contributed by atoms with Crippen molar-refractivity contribution in [2.75, 3.05) is 27.2 Å². The standard InChI is InChI=1S/C22H23FN2O3/c1-14-4-6-16(7-5-14)20(26)18-19(15-8-10-17(23)11-9-15)25(13-12-24(2)3)22(28)21(18)27/h4-11,19,26H,12-13H2,1-3H3/p+1/t19-/m0/s1. The summed E-state index contributed by atoms with van der Waals surface area (Å²) in [7, 11) is 3.91. The first-order valence-electron chi connectivity index (χ1n) is 9.19. The van der Waals surface area contributed by atoms with Crippen LogP contribution in [0.5, 0.6) is 0 Å². The molecule has 1 saturated heterocycles. The molecule has 0 saturated carbocycles. The molecule has 0 spiro atoms. The zero-order chi connectivity index (χ0) is 20.4. The fraction of sp³-hybridized carbons (Fsp3) is 0.273. The smallest absolute Gasteiger partial charge is 0.295 e. The van der Waals surface area contributed by atoms with E-state index in [-0.39, 0.29) is 11.3 Å². The number of likely N-dealkylation sites (tertiary alicyclic amines) is 1. The molecule has 6 heteroatoms. The van der Waals surface area contributed by atoms with Crippen LogP contribution < -0.4 is 4.90 Å². The van der Waals surface area contributed by atoms with E-state index >= 15 is 0 Å². The molecule has 2 aromatic carbocycles. The number of aliphatic hydroxyl groups is 1. The van der Waals surface area contributed by atoms with Gasteiger partial charge in [0.2, 0.25) is 0 Å². The maximum absolute atomic E-state index is 13.4. The van der Waals surface area contributed by atoms with Gasteiger partial charge in [0, 0.05) is 5.56 Å². The van der Waals surface area contributed by atoms with Gasteiger partial charge in [0.1, 0.15) is 11.6 Å². The third-order valence-corrected chi connectivity index (χ3v) is 4.90. The molecular weight excluding hydrogens is 359 g/mol. The predicted molar refractivity (Wildman–Crippen MR) is 104 cm³/mol. The summed E-state index contributed by atoms with van der Waals surface area (Å²) in [6.45, 7) is 2.90. The van der Waals surface area contributed by atoms with Crippen LogP contribution in [0.1, 0.15) is 22.7 Å². The number of hydrogen-bond donors (Lipinski definition) is 2. The summed E-state index contributed by atoms with van der Waals surface area (Å²) in [6, 6.07) is 12.0. The van der Waals surface area contributed by atoms with E-state index in [1.165, 1.54) is 17.0 Å². The van der Waals surface area contributed by atoms with Crippen molar-refractivity contribution in [3.63, 3.8) is 0 Å². The number of aryl methyl sites for hydroxylation is 1. The Bertz CT molecular complexity index is 918. The van der Waals surface area contributed by atoms with E-state index in [2.05, 4.69) is 0 Å². The number of nitrogens with zero attached hydrogens (tertiary/aromatic N) is 1. The molecule has 0 aromatic heterocycles. The zero-order valence-corrected chi connectivity index (χ0v) is 16.2. The van der Waals surface area contributed by atoms with Crippen molar-refractivity contribution in [1.82, 2.24) is 4.90 Å². The molecule has 1 fully saturated rings. The molecule has 2 N–H and O–H groups in total. The highest BCUT2D eigenvalue weighted by Crippen LogP contribution is 2.39. The number of carbonyl (C=O) groups excluding carboxylic acids is 2. The SMILES string of the molecule is Cc1ccc(C(O)=C2C(=O)C(=O)N(CC[NH+](C)C)[C@H]2c2ccc(F)cc2)cc1. The molecule has 1 aliphatic heterocycles. The number of benzene rings is 2. The van der Waals surface area contributed by atoms with E-state index in [0.717, 1.165) is 10.5 Å². The van der Waals surface area contributed by atoms with Crippen molar-refractivity contribution in [3.8, 4) is 0 Å². The maximum atomic E-state index is 13.4. The molecule has 0 unspecified atom stereocenters. The molecule has 5 nitrogen and oxygen atoms in total. The van der Waals surface area contributed by atoms with Crippen LogP contribution in [0.25, 0.3) is 5.76 Å². The predicted octanol–water partition coefficient (Wildman–Crippen LogP) is 1.70. The van der Waals surface area contributed by atoms with Crippen molar-refractivity contribution in [2.45, 2.75) is 13.0 Å². The number of likely N-dealkylation sites (N-methyl/N-ethyl adjacent to an activating group) is 1. The molecule has 0 radical (unpaired) electrons. The highest BCUT2D eigenvalue weighted by molar-refractivity contribution is 6.46. The van der Waals surface area contributed by atoms with E-state index in [9.17, 15) is 19.1 Å². The monoisotopic (exact) mass is 383 g/mol.